The first kappa shape index (κ1) is 16.3. The molecule has 0 aliphatic carbocycles. The molecule has 0 fully saturated rings. The first-order valence-electron chi connectivity index (χ1n) is 0.698. The molecule has 0 aliphatic rings. The third kappa shape index (κ3) is 53.8. The van der Waals surface area contributed by atoms with E-state index in [-0.39, 0.29) is 91.9 Å². The molecule has 0 aromatic heterocycles. The van der Waals surface area contributed by atoms with Crippen LogP contribution in [0, 0.1) is 0 Å². The van der Waals surface area contributed by atoms with Crippen molar-refractivity contribution in [2.24, 2.45) is 0 Å². The molecule has 0 radical (unpaired) electrons. The maximum Gasteiger partial charge on any atom is 2.00 e. The van der Waals surface area contributed by atoms with E-state index in [0.717, 1.165) is 0 Å². The van der Waals surface area contributed by atoms with Crippen molar-refractivity contribution in [3.05, 3.63) is 0 Å². The molecular weight excluding hydrogens is 253 g/mol. The first-order valence-corrected chi connectivity index (χ1v) is 2.10. The van der Waals surface area contributed by atoms with E-state index in [0.29, 0.717) is 0 Å². The molecule has 0 atom stereocenters. The molecule has 0 aliphatic heterocycles. The van der Waals surface area contributed by atoms with Gasteiger partial charge in [-0.05, 0) is 0 Å². The fourth-order valence-electron chi connectivity index (χ4n) is 0. The molecule has 0 heterocycles. The minimum Gasteiger partial charge on any atom is -0.264 e. The summed E-state index contributed by atoms with van der Waals surface area (Å²) < 4.78 is 31.6. The number of rotatable bonds is 0. The third-order valence-electron chi connectivity index (χ3n) is 0. The van der Waals surface area contributed by atoms with E-state index in [4.69, 9.17) is 17.5 Å². The van der Waals surface area contributed by atoms with Crippen LogP contribution in [0.2, 0.25) is 0 Å². The van der Waals surface area contributed by atoms with Gasteiger partial charge in [-0.15, -0.1) is 0 Å². The molecule has 7 heteroatoms. The maximum atomic E-state index is 8.74. The summed E-state index contributed by atoms with van der Waals surface area (Å²) in [5.74, 6) is 0. The van der Waals surface area contributed by atoms with Crippen LogP contribution in [0.3, 0.4) is 0 Å². The van der Waals surface area contributed by atoms with Crippen molar-refractivity contribution in [1.29, 1.82) is 0 Å². The fraction of sp³-hybridized carbons (Fsp3) is 0. The van der Waals surface area contributed by atoms with Crippen LogP contribution in [-0.2, 0) is 10.4 Å². The molecule has 0 spiro atoms. The Bertz CT molecular complexity index is 94.9. The summed E-state index contributed by atoms with van der Waals surface area (Å²) >= 11 is 0. The monoisotopic (exact) mass is 255 g/mol. The maximum absolute atomic E-state index is 8.74. The van der Waals surface area contributed by atoms with Gasteiger partial charge in [0, 0.05) is 0 Å². The Kier molecular flexibility index (Phi) is 15.9. The Morgan fingerprint density at radius 1 is 1.14 bits per heavy atom. The third-order valence-corrected chi connectivity index (χ3v) is 0. The van der Waals surface area contributed by atoms with Crippen molar-refractivity contribution in [2.75, 3.05) is 0 Å². The Hall–Kier alpha value is 2.69. The second kappa shape index (κ2) is 6.80. The first-order chi connectivity index (χ1) is 2.00. The van der Waals surface area contributed by atoms with E-state index in [9.17, 15) is 0 Å². The van der Waals surface area contributed by atoms with E-state index in [1.54, 1.807) is 0 Å². The molecule has 0 rings (SSSR count). The summed E-state index contributed by atoms with van der Waals surface area (Å²) in [6.07, 6.45) is 0. The molecule has 0 saturated heterocycles. The zero-order valence-electron chi connectivity index (χ0n) is 3.83. The van der Waals surface area contributed by atoms with Gasteiger partial charge in [0.25, 0.3) is 0 Å². The van der Waals surface area contributed by atoms with E-state index >= 15 is 0 Å². The summed E-state index contributed by atoms with van der Waals surface area (Å²) in [5, 5.41) is 0. The number of hydrogen-bond donors (Lipinski definition) is 2. The van der Waals surface area contributed by atoms with E-state index in [1.165, 1.54) is 0 Å². The van der Waals surface area contributed by atoms with Gasteiger partial charge in [0.2, 0.25) is 0 Å². The Balaban J connectivity index is -0.0000000800. The van der Waals surface area contributed by atoms with E-state index in [2.05, 4.69) is 0 Å². The smallest absolute Gasteiger partial charge is 0.264 e. The van der Waals surface area contributed by atoms with Crippen LogP contribution in [-0.4, -0.2) is 40.6 Å². The van der Waals surface area contributed by atoms with Crippen LogP contribution in [0.4, 0.5) is 0 Å². The SMILES string of the molecule is O=S(=O)(O)O.[Cs+].[Mg+2]. The summed E-state index contributed by atoms with van der Waals surface area (Å²) in [7, 11) is -4.67. The van der Waals surface area contributed by atoms with Gasteiger partial charge in [-0.3, -0.25) is 9.11 Å². The van der Waals surface area contributed by atoms with Gasteiger partial charge in [0.1, 0.15) is 0 Å². The van der Waals surface area contributed by atoms with Gasteiger partial charge in [-0.2, -0.15) is 8.42 Å². The Morgan fingerprint density at radius 3 is 1.14 bits per heavy atom. The quantitative estimate of drug-likeness (QED) is 0.341. The topological polar surface area (TPSA) is 74.6 Å². The summed E-state index contributed by atoms with van der Waals surface area (Å²) in [6.45, 7) is 0. The van der Waals surface area contributed by atoms with Crippen molar-refractivity contribution in [3.63, 3.8) is 0 Å². The normalized spacial score (nSPS) is 8.29. The van der Waals surface area contributed by atoms with Crippen LogP contribution in [0.15, 0.2) is 0 Å². The molecule has 2 N–H and O–H groups in total. The predicted octanol–water partition coefficient (Wildman–Crippen LogP) is -4.03. The summed E-state index contributed by atoms with van der Waals surface area (Å²) in [5.41, 5.74) is 0. The van der Waals surface area contributed by atoms with Crippen LogP contribution < -0.4 is 68.9 Å². The van der Waals surface area contributed by atoms with Gasteiger partial charge in [0.05, 0.1) is 0 Å². The van der Waals surface area contributed by atoms with Gasteiger partial charge >= 0.3 is 102 Å². The van der Waals surface area contributed by atoms with Crippen molar-refractivity contribution in [3.8, 4) is 0 Å². The van der Waals surface area contributed by atoms with Gasteiger partial charge in [0.15, 0.2) is 0 Å². The van der Waals surface area contributed by atoms with Gasteiger partial charge in [-0.1, -0.05) is 0 Å². The standard InChI is InChI=1S/Cs.Mg.H2O4S/c;;1-5(2,3)4/h;;(H2,1,2,3,4)/q+1;+2;. The molecule has 7 heavy (non-hydrogen) atoms. The molecule has 0 aromatic rings. The van der Waals surface area contributed by atoms with Gasteiger partial charge < -0.3 is 0 Å². The van der Waals surface area contributed by atoms with Crippen LogP contribution in [0.5, 0.6) is 0 Å². The molecule has 4 nitrogen and oxygen atoms in total. The van der Waals surface area contributed by atoms with Crippen LogP contribution in [0.25, 0.3) is 0 Å². The average Bonchev–Trinajstić information content (AvgIpc) is 0.722. The average molecular weight is 255 g/mol. The van der Waals surface area contributed by atoms with Crippen LogP contribution >= 0.6 is 0 Å². The molecule has 0 amide bonds. The van der Waals surface area contributed by atoms with Crippen molar-refractivity contribution < 1.29 is 86.4 Å². The fourth-order valence-corrected chi connectivity index (χ4v) is 0. The Morgan fingerprint density at radius 2 is 1.14 bits per heavy atom. The second-order valence-electron chi connectivity index (χ2n) is 0.448. The minimum atomic E-state index is -4.67. The van der Waals surface area contributed by atoms with Crippen molar-refractivity contribution in [1.82, 2.24) is 0 Å². The minimum absolute atomic E-state index is 0. The largest absolute Gasteiger partial charge is 2.00 e. The molecular formula is H2CsMgO4S+3. The summed E-state index contributed by atoms with van der Waals surface area (Å²) in [6, 6.07) is 0. The molecule has 32 valence electrons. The zero-order valence-corrected chi connectivity index (χ0v) is 12.3. The van der Waals surface area contributed by atoms with Crippen molar-refractivity contribution >= 4 is 33.5 Å². The predicted molar refractivity (Wildman–Crippen MR) is 19.9 cm³/mol. The van der Waals surface area contributed by atoms with Crippen LogP contribution in [0.1, 0.15) is 0 Å². The van der Waals surface area contributed by atoms with E-state index in [1.807, 2.05) is 0 Å². The Labute approximate surface area is 117 Å². The number of hydrogen-bond acceptors (Lipinski definition) is 2. The molecule has 0 unspecified atom stereocenters. The molecule has 0 aromatic carbocycles. The zero-order chi connectivity index (χ0) is 4.50. The summed E-state index contributed by atoms with van der Waals surface area (Å²) in [4.78, 5) is 0. The molecule has 0 saturated carbocycles. The van der Waals surface area contributed by atoms with Crippen molar-refractivity contribution in [2.45, 2.75) is 0 Å². The van der Waals surface area contributed by atoms with E-state index < -0.39 is 10.4 Å². The molecule has 0 bridgehead atoms. The van der Waals surface area contributed by atoms with Gasteiger partial charge in [-0.25, -0.2) is 0 Å². The second-order valence-corrected chi connectivity index (χ2v) is 1.34.